The molecule has 0 aromatic heterocycles. The Bertz CT molecular complexity index is 275. The Morgan fingerprint density at radius 3 is 1.47 bits per heavy atom. The van der Waals surface area contributed by atoms with Crippen LogP contribution in [-0.4, -0.2) is 11.6 Å². The zero-order valence-corrected chi connectivity index (χ0v) is 15.0. The van der Waals surface area contributed by atoms with Gasteiger partial charge in [0.25, 0.3) is 0 Å². The van der Waals surface area contributed by atoms with Crippen LogP contribution >= 0.6 is 0 Å². The molecule has 0 radical (unpaired) electrons. The summed E-state index contributed by atoms with van der Waals surface area (Å²) in [4.78, 5) is 21.3. The van der Waals surface area contributed by atoms with Crippen LogP contribution in [0.3, 0.4) is 0 Å². The Kier molecular flexibility index (Phi) is 7.29. The zero-order valence-electron chi connectivity index (χ0n) is 9.49. The maximum atomic E-state index is 10.7. The summed E-state index contributed by atoms with van der Waals surface area (Å²) in [5.41, 5.74) is 0. The minimum atomic E-state index is -1.93. The van der Waals surface area contributed by atoms with E-state index in [1.54, 1.807) is 13.8 Å². The summed E-state index contributed by atoms with van der Waals surface area (Å²) in [6.45, 7) is 6.36. The van der Waals surface area contributed by atoms with Gasteiger partial charge in [-0.1, -0.05) is 0 Å². The molecule has 0 aromatic rings. The van der Waals surface area contributed by atoms with Crippen LogP contribution in [0.4, 0.5) is 0 Å². The number of carbonyl (C=O) groups excluding carboxylic acids is 2. The molecule has 0 heterocycles. The van der Waals surface area contributed by atoms with E-state index in [0.29, 0.717) is 11.5 Å². The Morgan fingerprint density at radius 2 is 1.20 bits per heavy atom. The number of ketones is 2. The summed E-state index contributed by atoms with van der Waals surface area (Å²) in [7, 11) is 0. The third-order valence-electron chi connectivity index (χ3n) is 1.39. The molecule has 0 saturated carbocycles. The van der Waals surface area contributed by atoms with Crippen molar-refractivity contribution >= 4 is 11.6 Å². The van der Waals surface area contributed by atoms with Gasteiger partial charge in [0, 0.05) is 0 Å². The molecule has 0 aromatic carbocycles. The minimum absolute atomic E-state index is 0.0445. The van der Waals surface area contributed by atoms with Gasteiger partial charge in [0.05, 0.1) is 0 Å². The predicted molar refractivity (Wildman–Crippen MR) is 51.0 cm³/mol. The molecule has 0 rings (SSSR count). The Hall–Kier alpha value is -0.645. The van der Waals surface area contributed by atoms with Crippen LogP contribution in [0.1, 0.15) is 27.7 Å². The molecule has 0 saturated heterocycles. The second kappa shape index (κ2) is 7.62. The van der Waals surface area contributed by atoms with E-state index in [1.165, 1.54) is 26.0 Å². The first-order valence-corrected chi connectivity index (χ1v) is 9.04. The van der Waals surface area contributed by atoms with E-state index in [1.807, 2.05) is 0 Å². The number of rotatable bonds is 6. The molecule has 15 heavy (non-hydrogen) atoms. The van der Waals surface area contributed by atoms with Crippen LogP contribution in [0, 0.1) is 0 Å². The standard InChI is InChI=1S/2C5H8O2.Hg/c2*1-4(6)3-5(2)7;/h2*3,6H,1-2H3;/q;;+2/p-2/b4-3+;4-3-;. The summed E-state index contributed by atoms with van der Waals surface area (Å²) in [6.07, 6.45) is 2.85. The zero-order chi connectivity index (χ0) is 11.8. The van der Waals surface area contributed by atoms with E-state index in [2.05, 4.69) is 0 Å². The van der Waals surface area contributed by atoms with Crippen LogP contribution in [0.25, 0.3) is 0 Å². The van der Waals surface area contributed by atoms with Gasteiger partial charge in [0.15, 0.2) is 0 Å². The fourth-order valence-corrected chi connectivity index (χ4v) is 3.19. The maximum absolute atomic E-state index is 10.7. The van der Waals surface area contributed by atoms with E-state index in [4.69, 9.17) is 5.29 Å². The fourth-order valence-electron chi connectivity index (χ4n) is 0.871. The van der Waals surface area contributed by atoms with Crippen molar-refractivity contribution in [2.45, 2.75) is 27.7 Å². The summed E-state index contributed by atoms with van der Waals surface area (Å²) in [5, 5.41) is 0. The van der Waals surface area contributed by atoms with E-state index < -0.39 is 25.5 Å². The Balaban J connectivity index is 3.90. The SMILES string of the molecule is CC(=O)/C=C(/C)[O][Hg][O]/C(C)=C/C(C)=O. The van der Waals surface area contributed by atoms with E-state index in [0.717, 1.165) is 0 Å². The third kappa shape index (κ3) is 9.65. The van der Waals surface area contributed by atoms with Crippen molar-refractivity contribution in [3.05, 3.63) is 23.7 Å². The third-order valence-corrected chi connectivity index (χ3v) is 5.84. The van der Waals surface area contributed by atoms with Gasteiger partial charge in [-0.2, -0.15) is 0 Å². The van der Waals surface area contributed by atoms with Gasteiger partial charge in [0.1, 0.15) is 0 Å². The van der Waals surface area contributed by atoms with Gasteiger partial charge in [-0.15, -0.1) is 0 Å². The summed E-state index contributed by atoms with van der Waals surface area (Å²) in [6, 6.07) is 0. The number of hydrogen-bond donors (Lipinski definition) is 0. The van der Waals surface area contributed by atoms with Crippen molar-refractivity contribution in [1.82, 2.24) is 0 Å². The molecule has 80 valence electrons. The van der Waals surface area contributed by atoms with Crippen molar-refractivity contribution in [3.8, 4) is 0 Å². The first kappa shape index (κ1) is 14.4. The molecule has 0 aliphatic rings. The molecule has 0 aliphatic heterocycles. The van der Waals surface area contributed by atoms with E-state index in [9.17, 15) is 9.59 Å². The predicted octanol–water partition coefficient (Wildman–Crippen LogP) is 1.92. The Morgan fingerprint density at radius 1 is 0.867 bits per heavy atom. The topological polar surface area (TPSA) is 52.6 Å². The molecule has 0 bridgehead atoms. The fraction of sp³-hybridized carbons (Fsp3) is 0.400. The number of hydrogen-bond acceptors (Lipinski definition) is 4. The molecular weight excluding hydrogens is 385 g/mol. The summed E-state index contributed by atoms with van der Waals surface area (Å²) in [5.74, 6) is 1.08. The summed E-state index contributed by atoms with van der Waals surface area (Å²) < 4.78 is 10.6. The molecule has 0 unspecified atom stereocenters. The van der Waals surface area contributed by atoms with Gasteiger partial charge < -0.3 is 0 Å². The summed E-state index contributed by atoms with van der Waals surface area (Å²) >= 11 is -1.93. The molecule has 4 nitrogen and oxygen atoms in total. The van der Waals surface area contributed by atoms with Gasteiger partial charge in [0.2, 0.25) is 0 Å². The normalized spacial score (nSPS) is 11.7. The molecular formula is C10H14HgO4. The number of allylic oxidation sites excluding steroid dienone is 4. The average Bonchev–Trinajstić information content (AvgIpc) is 2.00. The van der Waals surface area contributed by atoms with Crippen LogP contribution in [0.15, 0.2) is 23.7 Å². The van der Waals surface area contributed by atoms with Crippen LogP contribution < -0.4 is 0 Å². The van der Waals surface area contributed by atoms with Crippen molar-refractivity contribution in [2.24, 2.45) is 0 Å². The molecule has 0 aliphatic carbocycles. The van der Waals surface area contributed by atoms with Crippen LogP contribution in [0.5, 0.6) is 0 Å². The van der Waals surface area contributed by atoms with Crippen molar-refractivity contribution in [3.63, 3.8) is 0 Å². The number of carbonyl (C=O) groups is 2. The monoisotopic (exact) mass is 400 g/mol. The molecule has 0 amide bonds. The van der Waals surface area contributed by atoms with Crippen molar-refractivity contribution in [1.29, 1.82) is 0 Å². The van der Waals surface area contributed by atoms with Gasteiger partial charge in [-0.3, -0.25) is 0 Å². The van der Waals surface area contributed by atoms with Gasteiger partial charge in [-0.25, -0.2) is 0 Å². The first-order chi connectivity index (χ1) is 6.91. The molecule has 0 N–H and O–H groups in total. The van der Waals surface area contributed by atoms with E-state index >= 15 is 0 Å². The first-order valence-electron chi connectivity index (χ1n) is 4.55. The van der Waals surface area contributed by atoms with Crippen molar-refractivity contribution in [2.75, 3.05) is 0 Å². The quantitative estimate of drug-likeness (QED) is 0.390. The average molecular weight is 399 g/mol. The molecule has 0 spiro atoms. The van der Waals surface area contributed by atoms with Crippen molar-refractivity contribution < 1.29 is 40.4 Å². The molecule has 5 heteroatoms. The van der Waals surface area contributed by atoms with Crippen LogP contribution in [0.2, 0.25) is 0 Å². The molecule has 0 atom stereocenters. The Labute approximate surface area is 103 Å². The molecule has 0 fully saturated rings. The van der Waals surface area contributed by atoms with Gasteiger partial charge in [-0.05, 0) is 0 Å². The second-order valence-electron chi connectivity index (χ2n) is 3.14. The van der Waals surface area contributed by atoms with Crippen LogP contribution in [-0.2, 0) is 40.4 Å². The second-order valence-corrected chi connectivity index (χ2v) is 6.30. The van der Waals surface area contributed by atoms with E-state index in [-0.39, 0.29) is 11.6 Å². The van der Waals surface area contributed by atoms with Gasteiger partial charge >= 0.3 is 103 Å².